The van der Waals surface area contributed by atoms with Gasteiger partial charge < -0.3 is 15.4 Å². The van der Waals surface area contributed by atoms with Crippen LogP contribution >= 0.6 is 0 Å². The van der Waals surface area contributed by atoms with E-state index >= 15 is 0 Å². The summed E-state index contributed by atoms with van der Waals surface area (Å²) in [7, 11) is 0. The third-order valence-electron chi connectivity index (χ3n) is 4.24. The van der Waals surface area contributed by atoms with Crippen molar-refractivity contribution in [3.05, 3.63) is 89.9 Å². The molecule has 0 aliphatic heterocycles. The highest BCUT2D eigenvalue weighted by Crippen LogP contribution is 2.23. The molecule has 2 N–H and O–H groups in total. The van der Waals surface area contributed by atoms with E-state index in [1.54, 1.807) is 54.7 Å². The summed E-state index contributed by atoms with van der Waals surface area (Å²) in [6.07, 6.45) is 2.36. The van der Waals surface area contributed by atoms with Gasteiger partial charge >= 0.3 is 0 Å². The Labute approximate surface area is 174 Å². The molecule has 1 aromatic heterocycles. The van der Waals surface area contributed by atoms with Gasteiger partial charge in [0.15, 0.2) is 0 Å². The highest BCUT2D eigenvalue weighted by molar-refractivity contribution is 5.94. The van der Waals surface area contributed by atoms with Crippen LogP contribution in [-0.2, 0) is 11.3 Å². The molecule has 30 heavy (non-hydrogen) atoms. The zero-order chi connectivity index (χ0) is 21.2. The molecule has 0 radical (unpaired) electrons. The first-order valence-electron chi connectivity index (χ1n) is 9.59. The molecule has 0 fully saturated rings. The maximum Gasteiger partial charge on any atom is 0.251 e. The van der Waals surface area contributed by atoms with Crippen molar-refractivity contribution in [2.24, 2.45) is 0 Å². The number of rotatable bonds is 9. The Morgan fingerprint density at radius 3 is 2.60 bits per heavy atom. The van der Waals surface area contributed by atoms with Crippen molar-refractivity contribution in [2.45, 2.75) is 19.4 Å². The van der Waals surface area contributed by atoms with Gasteiger partial charge in [0.1, 0.15) is 11.6 Å². The van der Waals surface area contributed by atoms with Crippen LogP contribution in [0.25, 0.3) is 0 Å². The first-order valence-corrected chi connectivity index (χ1v) is 9.59. The molecule has 3 aromatic rings. The molecule has 2 aromatic carbocycles. The lowest BCUT2D eigenvalue weighted by atomic mass is 10.2. The molecule has 0 saturated carbocycles. The molecule has 0 unspecified atom stereocenters. The van der Waals surface area contributed by atoms with Crippen LogP contribution in [0.5, 0.6) is 11.6 Å². The zero-order valence-corrected chi connectivity index (χ0v) is 16.3. The van der Waals surface area contributed by atoms with E-state index in [4.69, 9.17) is 4.74 Å². The Balaban J connectivity index is 1.43. The third-order valence-corrected chi connectivity index (χ3v) is 4.24. The normalized spacial score (nSPS) is 10.3. The molecule has 0 aliphatic carbocycles. The molecule has 2 amide bonds. The predicted molar refractivity (Wildman–Crippen MR) is 111 cm³/mol. The fraction of sp³-hybridized carbons (Fsp3) is 0.174. The molecule has 1 heterocycles. The highest BCUT2D eigenvalue weighted by Gasteiger charge is 2.09. The number of nitrogens with one attached hydrogen (secondary N) is 2. The van der Waals surface area contributed by atoms with Crippen LogP contribution in [0, 0.1) is 5.82 Å². The summed E-state index contributed by atoms with van der Waals surface area (Å²) in [5, 5.41) is 5.60. The summed E-state index contributed by atoms with van der Waals surface area (Å²) in [6.45, 7) is 0.635. The number of hydrogen-bond acceptors (Lipinski definition) is 4. The SMILES string of the molecule is O=C(CCCNC(=O)c1ccccc1)NCc1cccnc1Oc1cccc(F)c1. The van der Waals surface area contributed by atoms with Crippen LogP contribution in [0.4, 0.5) is 4.39 Å². The number of carbonyl (C=O) groups excluding carboxylic acids is 2. The van der Waals surface area contributed by atoms with Gasteiger partial charge in [0, 0.05) is 42.9 Å². The van der Waals surface area contributed by atoms with Gasteiger partial charge in [-0.25, -0.2) is 9.37 Å². The quantitative estimate of drug-likeness (QED) is 0.528. The van der Waals surface area contributed by atoms with E-state index < -0.39 is 5.82 Å². The van der Waals surface area contributed by atoms with Crippen LogP contribution in [0.1, 0.15) is 28.8 Å². The van der Waals surface area contributed by atoms with Crippen LogP contribution < -0.4 is 15.4 Å². The molecular formula is C23H22FN3O3. The lowest BCUT2D eigenvalue weighted by molar-refractivity contribution is -0.121. The van der Waals surface area contributed by atoms with Gasteiger partial charge in [0.25, 0.3) is 5.91 Å². The molecule has 0 atom stereocenters. The maximum atomic E-state index is 13.3. The zero-order valence-electron chi connectivity index (χ0n) is 16.3. The Kier molecular flexibility index (Phi) is 7.49. The minimum atomic E-state index is -0.405. The average Bonchev–Trinajstić information content (AvgIpc) is 2.76. The second-order valence-corrected chi connectivity index (χ2v) is 6.53. The van der Waals surface area contributed by atoms with E-state index in [0.29, 0.717) is 35.7 Å². The van der Waals surface area contributed by atoms with Crippen molar-refractivity contribution < 1.29 is 18.7 Å². The Bertz CT molecular complexity index is 996. The average molecular weight is 407 g/mol. The molecule has 0 saturated heterocycles. The molecular weight excluding hydrogens is 385 g/mol. The van der Waals surface area contributed by atoms with E-state index in [0.717, 1.165) is 0 Å². The second kappa shape index (κ2) is 10.7. The number of amides is 2. The number of aromatic nitrogens is 1. The Morgan fingerprint density at radius 1 is 0.967 bits per heavy atom. The van der Waals surface area contributed by atoms with Crippen molar-refractivity contribution in [1.29, 1.82) is 0 Å². The number of pyridine rings is 1. The predicted octanol–water partition coefficient (Wildman–Crippen LogP) is 3.84. The van der Waals surface area contributed by atoms with Crippen LogP contribution in [-0.4, -0.2) is 23.3 Å². The summed E-state index contributed by atoms with van der Waals surface area (Å²) in [6, 6.07) is 18.2. The summed E-state index contributed by atoms with van der Waals surface area (Å²) in [4.78, 5) is 28.2. The van der Waals surface area contributed by atoms with Gasteiger partial charge in [-0.3, -0.25) is 9.59 Å². The minimum absolute atomic E-state index is 0.149. The van der Waals surface area contributed by atoms with E-state index in [9.17, 15) is 14.0 Å². The van der Waals surface area contributed by atoms with Crippen molar-refractivity contribution in [1.82, 2.24) is 15.6 Å². The fourth-order valence-electron chi connectivity index (χ4n) is 2.72. The van der Waals surface area contributed by atoms with Crippen LogP contribution in [0.2, 0.25) is 0 Å². The van der Waals surface area contributed by atoms with Crippen molar-refractivity contribution >= 4 is 11.8 Å². The van der Waals surface area contributed by atoms with Crippen LogP contribution in [0.15, 0.2) is 72.9 Å². The first-order chi connectivity index (χ1) is 14.6. The molecule has 7 heteroatoms. The molecule has 154 valence electrons. The standard InChI is InChI=1S/C23H22FN3O3/c24-19-10-4-11-20(15-19)30-23-18(9-5-14-26-23)16-27-21(28)12-6-13-25-22(29)17-7-2-1-3-8-17/h1-5,7-11,14-15H,6,12-13,16H2,(H,25,29)(H,27,28). The summed E-state index contributed by atoms with van der Waals surface area (Å²) < 4.78 is 19.0. The van der Waals surface area contributed by atoms with Crippen LogP contribution in [0.3, 0.4) is 0 Å². The molecule has 0 bridgehead atoms. The fourth-order valence-corrected chi connectivity index (χ4v) is 2.72. The van der Waals surface area contributed by atoms with E-state index in [1.165, 1.54) is 12.1 Å². The van der Waals surface area contributed by atoms with E-state index in [-0.39, 0.29) is 24.8 Å². The van der Waals surface area contributed by atoms with Gasteiger partial charge in [0.2, 0.25) is 11.8 Å². The van der Waals surface area contributed by atoms with Gasteiger partial charge in [-0.2, -0.15) is 0 Å². The topological polar surface area (TPSA) is 80.3 Å². The highest BCUT2D eigenvalue weighted by atomic mass is 19.1. The van der Waals surface area contributed by atoms with Gasteiger partial charge in [0.05, 0.1) is 0 Å². The van der Waals surface area contributed by atoms with Crippen molar-refractivity contribution in [3.63, 3.8) is 0 Å². The number of halogens is 1. The lowest BCUT2D eigenvalue weighted by Crippen LogP contribution is -2.27. The third kappa shape index (κ3) is 6.41. The second-order valence-electron chi connectivity index (χ2n) is 6.53. The lowest BCUT2D eigenvalue weighted by Gasteiger charge is -2.11. The molecule has 3 rings (SSSR count). The number of benzene rings is 2. The number of hydrogen-bond donors (Lipinski definition) is 2. The Morgan fingerprint density at radius 2 is 1.80 bits per heavy atom. The van der Waals surface area contributed by atoms with E-state index in [1.807, 2.05) is 6.07 Å². The summed E-state index contributed by atoms with van der Waals surface area (Å²) >= 11 is 0. The minimum Gasteiger partial charge on any atom is -0.439 e. The van der Waals surface area contributed by atoms with E-state index in [2.05, 4.69) is 15.6 Å². The summed E-state index contributed by atoms with van der Waals surface area (Å²) in [5.74, 6) is -0.0818. The van der Waals surface area contributed by atoms with Gasteiger partial charge in [-0.1, -0.05) is 30.3 Å². The number of ether oxygens (including phenoxy) is 1. The molecule has 0 aliphatic rings. The molecule has 0 spiro atoms. The number of nitrogens with zero attached hydrogens (tertiary/aromatic N) is 1. The summed E-state index contributed by atoms with van der Waals surface area (Å²) in [5.41, 5.74) is 1.26. The van der Waals surface area contributed by atoms with Crippen molar-refractivity contribution in [2.75, 3.05) is 6.54 Å². The van der Waals surface area contributed by atoms with Gasteiger partial charge in [-0.05, 0) is 36.8 Å². The smallest absolute Gasteiger partial charge is 0.251 e. The number of carbonyl (C=O) groups is 2. The van der Waals surface area contributed by atoms with Gasteiger partial charge in [-0.15, -0.1) is 0 Å². The largest absolute Gasteiger partial charge is 0.439 e. The monoisotopic (exact) mass is 407 g/mol. The van der Waals surface area contributed by atoms with Crippen molar-refractivity contribution in [3.8, 4) is 11.6 Å². The first kappa shape index (κ1) is 21.0. The maximum absolute atomic E-state index is 13.3. The molecule has 6 nitrogen and oxygen atoms in total. The Hall–Kier alpha value is -3.74.